The maximum atomic E-state index is 13.6. The van der Waals surface area contributed by atoms with Gasteiger partial charge >= 0.3 is 0 Å². The van der Waals surface area contributed by atoms with Crippen LogP contribution in [0.5, 0.6) is 0 Å². The number of anilines is 3. The number of unbranched alkanes of at least 4 members (excludes halogenated alkanes) is 1. The number of ether oxygens (including phenoxy) is 1. The van der Waals surface area contributed by atoms with E-state index in [1.54, 1.807) is 22.4 Å². The first-order valence-corrected chi connectivity index (χ1v) is 13.9. The molecular formula is C28H37N5O2S. The van der Waals surface area contributed by atoms with E-state index >= 15 is 0 Å². The number of rotatable bonds is 12. The smallest absolute Gasteiger partial charge is 0.263 e. The van der Waals surface area contributed by atoms with Crippen LogP contribution in [0.4, 0.5) is 17.5 Å². The number of nitrogens with zero attached hydrogens (tertiary/aromatic N) is 4. The summed E-state index contributed by atoms with van der Waals surface area (Å²) in [5.41, 5.74) is 2.40. The monoisotopic (exact) mass is 507 g/mol. The molecule has 0 spiro atoms. The van der Waals surface area contributed by atoms with Crippen LogP contribution in [0.25, 0.3) is 0 Å². The second kappa shape index (κ2) is 12.8. The van der Waals surface area contributed by atoms with E-state index in [0.29, 0.717) is 23.9 Å². The van der Waals surface area contributed by atoms with Gasteiger partial charge in [0.15, 0.2) is 0 Å². The lowest BCUT2D eigenvalue weighted by atomic mass is 10.1. The molecule has 1 N–H and O–H groups in total. The predicted molar refractivity (Wildman–Crippen MR) is 148 cm³/mol. The van der Waals surface area contributed by atoms with Crippen LogP contribution >= 0.6 is 11.3 Å². The quantitative estimate of drug-likeness (QED) is 0.310. The van der Waals surface area contributed by atoms with Gasteiger partial charge in [-0.1, -0.05) is 38.0 Å². The number of carbonyl (C=O) groups is 1. The second-order valence-electron chi connectivity index (χ2n) is 9.15. The Morgan fingerprint density at radius 2 is 2.06 bits per heavy atom. The second-order valence-corrected chi connectivity index (χ2v) is 10.1. The van der Waals surface area contributed by atoms with Gasteiger partial charge in [0.2, 0.25) is 5.95 Å². The van der Waals surface area contributed by atoms with Gasteiger partial charge in [0.25, 0.3) is 5.91 Å². The molecule has 1 amide bonds. The van der Waals surface area contributed by atoms with Crippen molar-refractivity contribution < 1.29 is 9.53 Å². The molecule has 1 saturated heterocycles. The summed E-state index contributed by atoms with van der Waals surface area (Å²) >= 11 is 1.74. The first-order valence-electron chi connectivity index (χ1n) is 13.0. The van der Waals surface area contributed by atoms with Crippen molar-refractivity contribution >= 4 is 34.7 Å². The highest BCUT2D eigenvalue weighted by molar-refractivity contribution is 7.10. The van der Waals surface area contributed by atoms with Crippen LogP contribution in [0.15, 0.2) is 48.0 Å². The van der Waals surface area contributed by atoms with E-state index in [-0.39, 0.29) is 12.0 Å². The van der Waals surface area contributed by atoms with Crippen LogP contribution in [-0.4, -0.2) is 42.6 Å². The van der Waals surface area contributed by atoms with Crippen molar-refractivity contribution in [1.29, 1.82) is 0 Å². The lowest BCUT2D eigenvalue weighted by molar-refractivity contribution is 0.0348. The number of benzene rings is 1. The van der Waals surface area contributed by atoms with Crippen molar-refractivity contribution in [3.05, 3.63) is 64.0 Å². The van der Waals surface area contributed by atoms with Gasteiger partial charge in [-0.25, -0.2) is 4.98 Å². The zero-order valence-corrected chi connectivity index (χ0v) is 22.4. The summed E-state index contributed by atoms with van der Waals surface area (Å²) in [6.45, 7) is 7.26. The molecule has 2 aromatic heterocycles. The summed E-state index contributed by atoms with van der Waals surface area (Å²) in [5.74, 6) is 1.16. The average Bonchev–Trinajstić information content (AvgIpc) is 3.63. The van der Waals surface area contributed by atoms with Crippen molar-refractivity contribution in [3.8, 4) is 0 Å². The molecule has 1 fully saturated rings. The molecule has 0 bridgehead atoms. The standard InChI is InChI=1S/C28H37N5O2S/c1-4-6-13-24(25-14-10-17-36-25)35-20-21-11-9-12-22(18-21)32(3)27(34)23-19-30-28(29-5-2)31-26(23)33-15-7-8-16-33/h9-12,14,17-19,24H,4-8,13,15-16,20H2,1-3H3,(H,29,30,31). The fraction of sp³-hybridized carbons (Fsp3) is 0.464. The number of aromatic nitrogens is 2. The SMILES string of the molecule is CCCCC(OCc1cccc(N(C)C(=O)c2cnc(NCC)nc2N2CCCC2)c1)c1cccs1. The van der Waals surface area contributed by atoms with Crippen molar-refractivity contribution in [1.82, 2.24) is 9.97 Å². The first-order chi connectivity index (χ1) is 17.6. The van der Waals surface area contributed by atoms with Crippen LogP contribution in [0, 0.1) is 0 Å². The molecule has 3 aromatic rings. The maximum Gasteiger partial charge on any atom is 0.263 e. The third-order valence-corrected chi connectivity index (χ3v) is 7.44. The highest BCUT2D eigenvalue weighted by Crippen LogP contribution is 2.30. The number of hydrogen-bond donors (Lipinski definition) is 1. The fourth-order valence-corrected chi connectivity index (χ4v) is 5.27. The van der Waals surface area contributed by atoms with Crippen LogP contribution in [0.2, 0.25) is 0 Å². The molecule has 1 aliphatic heterocycles. The molecule has 8 heteroatoms. The summed E-state index contributed by atoms with van der Waals surface area (Å²) in [6, 6.07) is 12.3. The Labute approximate surface area is 218 Å². The molecule has 3 heterocycles. The van der Waals surface area contributed by atoms with Gasteiger partial charge in [0.1, 0.15) is 11.4 Å². The molecule has 4 rings (SSSR count). The van der Waals surface area contributed by atoms with Crippen LogP contribution in [-0.2, 0) is 11.3 Å². The summed E-state index contributed by atoms with van der Waals surface area (Å²) in [4.78, 5) is 27.8. The van der Waals surface area contributed by atoms with E-state index in [1.165, 1.54) is 4.88 Å². The van der Waals surface area contributed by atoms with Gasteiger partial charge in [0, 0.05) is 43.4 Å². The minimum absolute atomic E-state index is 0.100. The predicted octanol–water partition coefficient (Wildman–Crippen LogP) is 6.29. The molecule has 7 nitrogen and oxygen atoms in total. The zero-order chi connectivity index (χ0) is 25.3. The van der Waals surface area contributed by atoms with Gasteiger partial charge in [0.05, 0.1) is 12.7 Å². The Balaban J connectivity index is 1.50. The maximum absolute atomic E-state index is 13.6. The summed E-state index contributed by atoms with van der Waals surface area (Å²) in [7, 11) is 1.81. The van der Waals surface area contributed by atoms with Crippen molar-refractivity contribution in [2.75, 3.05) is 41.8 Å². The van der Waals surface area contributed by atoms with Crippen molar-refractivity contribution in [3.63, 3.8) is 0 Å². The molecular weight excluding hydrogens is 470 g/mol. The van der Waals surface area contributed by atoms with Crippen molar-refractivity contribution in [2.24, 2.45) is 0 Å². The van der Waals surface area contributed by atoms with Gasteiger partial charge in [-0.3, -0.25) is 4.79 Å². The third kappa shape index (κ3) is 6.42. The van der Waals surface area contributed by atoms with Gasteiger partial charge in [-0.05, 0) is 55.3 Å². The van der Waals surface area contributed by atoms with Gasteiger partial charge in [-0.15, -0.1) is 11.3 Å². The molecule has 1 atom stereocenters. The molecule has 0 aliphatic carbocycles. The number of hydrogen-bond acceptors (Lipinski definition) is 7. The summed E-state index contributed by atoms with van der Waals surface area (Å²) in [6.07, 6.45) is 7.26. The van der Waals surface area contributed by atoms with E-state index in [1.807, 2.05) is 32.2 Å². The number of carbonyl (C=O) groups excluding carboxylic acids is 1. The topological polar surface area (TPSA) is 70.6 Å². The van der Waals surface area contributed by atoms with Crippen LogP contribution in [0.1, 0.15) is 72.9 Å². The number of amides is 1. The molecule has 0 saturated carbocycles. The summed E-state index contributed by atoms with van der Waals surface area (Å²) in [5, 5.41) is 5.27. The minimum atomic E-state index is -0.113. The van der Waals surface area contributed by atoms with E-state index < -0.39 is 0 Å². The highest BCUT2D eigenvalue weighted by Gasteiger charge is 2.25. The largest absolute Gasteiger partial charge is 0.368 e. The normalized spacial score (nSPS) is 14.1. The van der Waals surface area contributed by atoms with E-state index in [9.17, 15) is 4.79 Å². The van der Waals surface area contributed by atoms with Crippen LogP contribution in [0.3, 0.4) is 0 Å². The Kier molecular flexibility index (Phi) is 9.30. The Hall–Kier alpha value is -2.97. The summed E-state index contributed by atoms with van der Waals surface area (Å²) < 4.78 is 6.35. The van der Waals surface area contributed by atoms with Crippen molar-refractivity contribution in [2.45, 2.75) is 58.7 Å². The molecule has 36 heavy (non-hydrogen) atoms. The Morgan fingerprint density at radius 1 is 1.22 bits per heavy atom. The average molecular weight is 508 g/mol. The fourth-order valence-electron chi connectivity index (χ4n) is 4.46. The van der Waals surface area contributed by atoms with E-state index in [4.69, 9.17) is 9.72 Å². The molecule has 1 aliphatic rings. The lowest BCUT2D eigenvalue weighted by Crippen LogP contribution is -2.30. The Bertz CT molecular complexity index is 1110. The van der Waals surface area contributed by atoms with E-state index in [0.717, 1.165) is 63.0 Å². The zero-order valence-electron chi connectivity index (χ0n) is 21.6. The third-order valence-electron chi connectivity index (χ3n) is 6.47. The Morgan fingerprint density at radius 3 is 2.78 bits per heavy atom. The van der Waals surface area contributed by atoms with E-state index in [2.05, 4.69) is 45.7 Å². The molecule has 192 valence electrons. The minimum Gasteiger partial charge on any atom is -0.368 e. The number of thiophene rings is 1. The van der Waals surface area contributed by atoms with Crippen LogP contribution < -0.4 is 15.1 Å². The van der Waals surface area contributed by atoms with Gasteiger partial charge in [-0.2, -0.15) is 4.98 Å². The molecule has 1 aromatic carbocycles. The highest BCUT2D eigenvalue weighted by atomic mass is 32.1. The first kappa shape index (κ1) is 26.1. The van der Waals surface area contributed by atoms with Gasteiger partial charge < -0.3 is 19.9 Å². The number of nitrogens with one attached hydrogen (secondary N) is 1. The molecule has 0 radical (unpaired) electrons. The molecule has 1 unspecified atom stereocenters. The lowest BCUT2D eigenvalue weighted by Gasteiger charge is -2.24.